The average Bonchev–Trinajstić information content (AvgIpc) is 3.22. The van der Waals surface area contributed by atoms with E-state index in [0.29, 0.717) is 6.04 Å². The Bertz CT molecular complexity index is 973. The molecule has 1 aliphatic rings. The maximum atomic E-state index is 12.8. The van der Waals surface area contributed by atoms with Gasteiger partial charge in [0.15, 0.2) is 0 Å². The van der Waals surface area contributed by atoms with E-state index in [4.69, 9.17) is 4.98 Å². The molecule has 5 nitrogen and oxygen atoms in total. The molecule has 27 heavy (non-hydrogen) atoms. The van der Waals surface area contributed by atoms with Crippen molar-refractivity contribution in [3.63, 3.8) is 0 Å². The molecule has 4 rings (SSSR count). The Balaban J connectivity index is 1.70. The van der Waals surface area contributed by atoms with E-state index >= 15 is 0 Å². The van der Waals surface area contributed by atoms with E-state index in [9.17, 15) is 4.79 Å². The molecule has 0 saturated carbocycles. The lowest BCUT2D eigenvalue weighted by atomic mass is 10.00. The van der Waals surface area contributed by atoms with Gasteiger partial charge in [0.2, 0.25) is 10.9 Å². The van der Waals surface area contributed by atoms with Gasteiger partial charge < -0.3 is 4.90 Å². The van der Waals surface area contributed by atoms with Crippen molar-refractivity contribution in [1.82, 2.24) is 19.5 Å². The van der Waals surface area contributed by atoms with Gasteiger partial charge in [-0.15, -0.1) is 0 Å². The molecule has 3 heterocycles. The Kier molecular flexibility index (Phi) is 5.07. The maximum Gasteiger partial charge on any atom is 0.246 e. The lowest BCUT2D eigenvalue weighted by Crippen LogP contribution is -2.42. The van der Waals surface area contributed by atoms with E-state index in [2.05, 4.69) is 12.0 Å². The second kappa shape index (κ2) is 7.64. The summed E-state index contributed by atoms with van der Waals surface area (Å²) in [6.07, 6.45) is 7.99. The fraction of sp³-hybridized carbons (Fsp3) is 0.381. The molecule has 0 aliphatic carbocycles. The van der Waals surface area contributed by atoms with Crippen LogP contribution in [0.25, 0.3) is 22.3 Å². The monoisotopic (exact) mass is 380 g/mol. The van der Waals surface area contributed by atoms with E-state index in [-0.39, 0.29) is 5.91 Å². The molecule has 0 spiro atoms. The maximum absolute atomic E-state index is 12.8. The summed E-state index contributed by atoms with van der Waals surface area (Å²) in [5.74, 6) is 0.0856. The van der Waals surface area contributed by atoms with Gasteiger partial charge >= 0.3 is 0 Å². The molecule has 0 radical (unpaired) electrons. The van der Waals surface area contributed by atoms with Crippen LogP contribution in [0.5, 0.6) is 0 Å². The van der Waals surface area contributed by atoms with Crippen LogP contribution >= 0.6 is 11.3 Å². The minimum Gasteiger partial charge on any atom is -0.336 e. The molecule has 1 aliphatic heterocycles. The normalized spacial score (nSPS) is 17.9. The highest BCUT2D eigenvalue weighted by molar-refractivity contribution is 7.16. The van der Waals surface area contributed by atoms with E-state index in [0.717, 1.165) is 52.7 Å². The van der Waals surface area contributed by atoms with Gasteiger partial charge in [-0.1, -0.05) is 48.6 Å². The summed E-state index contributed by atoms with van der Waals surface area (Å²) in [4.78, 5) is 20.5. The number of imidazole rings is 1. The molecule has 1 saturated heterocycles. The fourth-order valence-corrected chi connectivity index (χ4v) is 4.53. The summed E-state index contributed by atoms with van der Waals surface area (Å²) in [6.45, 7) is 4.98. The number of fused-ring (bicyclic) bond motifs is 1. The summed E-state index contributed by atoms with van der Waals surface area (Å²) in [5.41, 5.74) is 2.76. The predicted octanol–water partition coefficient (Wildman–Crippen LogP) is 4.57. The molecule has 1 fully saturated rings. The van der Waals surface area contributed by atoms with Crippen LogP contribution in [0.2, 0.25) is 0 Å². The van der Waals surface area contributed by atoms with E-state index in [1.807, 2.05) is 52.7 Å². The molecule has 1 atom stereocenters. The molecule has 1 amide bonds. The van der Waals surface area contributed by atoms with Gasteiger partial charge in [-0.2, -0.15) is 5.10 Å². The van der Waals surface area contributed by atoms with Gasteiger partial charge in [-0.3, -0.25) is 4.79 Å². The van der Waals surface area contributed by atoms with Crippen LogP contribution in [-0.2, 0) is 4.79 Å². The van der Waals surface area contributed by atoms with Gasteiger partial charge in [0.25, 0.3) is 0 Å². The minimum absolute atomic E-state index is 0.0856. The predicted molar refractivity (Wildman–Crippen MR) is 110 cm³/mol. The first-order valence-corrected chi connectivity index (χ1v) is 10.4. The van der Waals surface area contributed by atoms with Crippen molar-refractivity contribution in [2.75, 3.05) is 6.54 Å². The lowest BCUT2D eigenvalue weighted by Gasteiger charge is -2.34. The number of aryl methyl sites for hydroxylation is 1. The molecule has 0 unspecified atom stereocenters. The molecule has 0 bridgehead atoms. The van der Waals surface area contributed by atoms with Crippen LogP contribution in [0.1, 0.15) is 43.3 Å². The number of aromatic nitrogens is 3. The fourth-order valence-electron chi connectivity index (χ4n) is 3.78. The summed E-state index contributed by atoms with van der Waals surface area (Å²) in [6, 6.07) is 10.4. The van der Waals surface area contributed by atoms with Gasteiger partial charge in [-0.05, 0) is 38.7 Å². The van der Waals surface area contributed by atoms with Gasteiger partial charge in [0, 0.05) is 24.2 Å². The first-order chi connectivity index (χ1) is 13.2. The second-order valence-electron chi connectivity index (χ2n) is 6.95. The first kappa shape index (κ1) is 17.9. The third kappa shape index (κ3) is 3.54. The highest BCUT2D eigenvalue weighted by atomic mass is 32.1. The van der Waals surface area contributed by atoms with Crippen molar-refractivity contribution < 1.29 is 4.79 Å². The van der Waals surface area contributed by atoms with Crippen LogP contribution in [0.4, 0.5) is 0 Å². The number of amides is 1. The Morgan fingerprint density at radius 2 is 2.11 bits per heavy atom. The first-order valence-electron chi connectivity index (χ1n) is 9.57. The van der Waals surface area contributed by atoms with Crippen LogP contribution in [0.15, 0.2) is 36.4 Å². The summed E-state index contributed by atoms with van der Waals surface area (Å²) in [7, 11) is 0. The highest BCUT2D eigenvalue weighted by Crippen LogP contribution is 2.28. The van der Waals surface area contributed by atoms with E-state index in [1.54, 1.807) is 17.4 Å². The highest BCUT2D eigenvalue weighted by Gasteiger charge is 2.24. The smallest absolute Gasteiger partial charge is 0.246 e. The minimum atomic E-state index is 0.0856. The third-order valence-corrected chi connectivity index (χ3v) is 5.98. The number of rotatable bonds is 4. The van der Waals surface area contributed by atoms with Crippen LogP contribution < -0.4 is 0 Å². The number of hydrogen-bond acceptors (Lipinski definition) is 4. The number of carbonyl (C=O) groups is 1. The van der Waals surface area contributed by atoms with Crippen molar-refractivity contribution >= 4 is 28.3 Å². The molecule has 140 valence electrons. The number of piperidine rings is 1. The topological polar surface area (TPSA) is 50.5 Å². The van der Waals surface area contributed by atoms with E-state index < -0.39 is 0 Å². The summed E-state index contributed by atoms with van der Waals surface area (Å²) < 4.78 is 1.85. The largest absolute Gasteiger partial charge is 0.336 e. The van der Waals surface area contributed by atoms with Gasteiger partial charge in [0.1, 0.15) is 5.01 Å². The molecule has 2 aromatic heterocycles. The average molecular weight is 381 g/mol. The van der Waals surface area contributed by atoms with Crippen molar-refractivity contribution in [2.24, 2.45) is 0 Å². The number of likely N-dealkylation sites (tertiary alicyclic amines) is 1. The molecule has 6 heteroatoms. The van der Waals surface area contributed by atoms with E-state index in [1.165, 1.54) is 6.42 Å². The number of carbonyl (C=O) groups excluding carboxylic acids is 1. The van der Waals surface area contributed by atoms with Gasteiger partial charge in [-0.25, -0.2) is 9.50 Å². The quantitative estimate of drug-likeness (QED) is 0.623. The summed E-state index contributed by atoms with van der Waals surface area (Å²) >= 11 is 1.56. The van der Waals surface area contributed by atoms with Gasteiger partial charge in [0.05, 0.1) is 11.4 Å². The number of nitrogens with zero attached hydrogens (tertiary/aromatic N) is 4. The van der Waals surface area contributed by atoms with Crippen LogP contribution in [0.3, 0.4) is 0 Å². The SMILES string of the molecule is CC[C@@H]1CCCCN1C(=O)C=Cc1c(-c2ccccc2)nc2sc(C)nn12. The zero-order valence-corrected chi connectivity index (χ0v) is 16.6. The Morgan fingerprint density at radius 3 is 2.89 bits per heavy atom. The van der Waals surface area contributed by atoms with Crippen molar-refractivity contribution in [3.05, 3.63) is 47.1 Å². The Morgan fingerprint density at radius 1 is 1.30 bits per heavy atom. The zero-order valence-electron chi connectivity index (χ0n) is 15.8. The van der Waals surface area contributed by atoms with Crippen LogP contribution in [0, 0.1) is 6.92 Å². The number of benzene rings is 1. The third-order valence-electron chi connectivity index (χ3n) is 5.15. The van der Waals surface area contributed by atoms with Crippen LogP contribution in [-0.4, -0.2) is 38.0 Å². The van der Waals surface area contributed by atoms with Crippen molar-refractivity contribution in [2.45, 2.75) is 45.6 Å². The van der Waals surface area contributed by atoms with Crippen molar-refractivity contribution in [1.29, 1.82) is 0 Å². The molecular formula is C21H24N4OS. The standard InChI is InChI=1S/C21H24N4OS/c1-3-17-11-7-8-14-24(17)19(26)13-12-18-20(16-9-5-4-6-10-16)22-21-25(18)23-15(2)27-21/h4-6,9-10,12-13,17H,3,7-8,11,14H2,1-2H3/t17-/m1/s1. The molecule has 1 aromatic carbocycles. The lowest BCUT2D eigenvalue weighted by molar-refractivity contribution is -0.129. The Labute approximate surface area is 163 Å². The Hall–Kier alpha value is -2.47. The van der Waals surface area contributed by atoms with Crippen molar-refractivity contribution in [3.8, 4) is 11.3 Å². The molecule has 3 aromatic rings. The zero-order chi connectivity index (χ0) is 18.8. The molecular weight excluding hydrogens is 356 g/mol. The molecule has 0 N–H and O–H groups in total. The summed E-state index contributed by atoms with van der Waals surface area (Å²) in [5, 5.41) is 5.54. The number of hydrogen-bond donors (Lipinski definition) is 0. The second-order valence-corrected chi connectivity index (χ2v) is 8.11.